The molecule has 0 heterocycles. The van der Waals surface area contributed by atoms with Crippen LogP contribution in [0.2, 0.25) is 5.02 Å². The van der Waals surface area contributed by atoms with E-state index in [9.17, 15) is 19.7 Å². The lowest BCUT2D eigenvalue weighted by atomic mass is 10.2. The molecule has 0 aliphatic carbocycles. The van der Waals surface area contributed by atoms with E-state index < -0.39 is 10.8 Å². The van der Waals surface area contributed by atoms with E-state index in [1.807, 2.05) is 6.92 Å². The summed E-state index contributed by atoms with van der Waals surface area (Å²) in [4.78, 5) is 36.0. The molecule has 0 fully saturated rings. The van der Waals surface area contributed by atoms with Gasteiger partial charge in [0, 0.05) is 30.9 Å². The number of nitro benzene ring substituents is 1. The summed E-state index contributed by atoms with van der Waals surface area (Å²) >= 11 is 5.73. The van der Waals surface area contributed by atoms with Crippen LogP contribution >= 0.6 is 11.6 Å². The third-order valence-electron chi connectivity index (χ3n) is 3.70. The first-order chi connectivity index (χ1) is 12.8. The van der Waals surface area contributed by atoms with Gasteiger partial charge in [0.05, 0.1) is 4.92 Å². The fourth-order valence-corrected chi connectivity index (χ4v) is 2.35. The lowest BCUT2D eigenvalue weighted by Gasteiger charge is -2.15. The molecule has 2 aromatic rings. The summed E-state index contributed by atoms with van der Waals surface area (Å²) < 4.78 is 5.40. The van der Waals surface area contributed by atoms with Crippen LogP contribution in [-0.2, 0) is 4.79 Å². The molecule has 27 heavy (non-hydrogen) atoms. The van der Waals surface area contributed by atoms with Gasteiger partial charge in [0.1, 0.15) is 10.8 Å². The Kier molecular flexibility index (Phi) is 6.73. The summed E-state index contributed by atoms with van der Waals surface area (Å²) in [5.41, 5.74) is 0.375. The van der Waals surface area contributed by atoms with E-state index >= 15 is 0 Å². The number of hydrogen-bond acceptors (Lipinski definition) is 5. The van der Waals surface area contributed by atoms with Crippen LogP contribution in [-0.4, -0.2) is 41.8 Å². The first-order valence-electron chi connectivity index (χ1n) is 8.04. The average molecular weight is 392 g/mol. The molecule has 0 unspecified atom stereocenters. The Hall–Kier alpha value is -3.13. The van der Waals surface area contributed by atoms with Crippen LogP contribution in [0.4, 0.5) is 11.4 Å². The molecule has 0 aliphatic heterocycles. The number of benzene rings is 2. The number of nitrogens with zero attached hydrogens (tertiary/aromatic N) is 2. The van der Waals surface area contributed by atoms with Gasteiger partial charge >= 0.3 is 0 Å². The van der Waals surface area contributed by atoms with Crippen LogP contribution in [0.3, 0.4) is 0 Å². The Morgan fingerprint density at radius 1 is 1.26 bits per heavy atom. The fraction of sp³-hybridized carbons (Fsp3) is 0.222. The van der Waals surface area contributed by atoms with E-state index in [1.165, 1.54) is 18.2 Å². The summed E-state index contributed by atoms with van der Waals surface area (Å²) in [5, 5.41) is 13.4. The molecule has 0 radical (unpaired) electrons. The summed E-state index contributed by atoms with van der Waals surface area (Å²) in [7, 11) is 1.69. The molecule has 142 valence electrons. The third-order valence-corrected chi connectivity index (χ3v) is 4.02. The van der Waals surface area contributed by atoms with E-state index in [-0.39, 0.29) is 28.9 Å². The maximum absolute atomic E-state index is 12.1. The van der Waals surface area contributed by atoms with Crippen molar-refractivity contribution in [3.8, 4) is 5.75 Å². The lowest BCUT2D eigenvalue weighted by molar-refractivity contribution is -0.384. The van der Waals surface area contributed by atoms with Crippen molar-refractivity contribution in [1.29, 1.82) is 0 Å². The number of carbonyl (C=O) groups is 2. The maximum atomic E-state index is 12.1. The fourth-order valence-electron chi connectivity index (χ4n) is 2.16. The monoisotopic (exact) mass is 391 g/mol. The van der Waals surface area contributed by atoms with Gasteiger partial charge in [-0.2, -0.15) is 0 Å². The zero-order valence-electron chi connectivity index (χ0n) is 14.8. The lowest BCUT2D eigenvalue weighted by Crippen LogP contribution is -2.26. The first kappa shape index (κ1) is 20.2. The zero-order chi connectivity index (χ0) is 20.0. The van der Waals surface area contributed by atoms with Crippen molar-refractivity contribution in [3.63, 3.8) is 0 Å². The number of hydrogen-bond donors (Lipinski definition) is 1. The molecule has 0 saturated carbocycles. The number of halogens is 1. The molecule has 0 spiro atoms. The Morgan fingerprint density at radius 3 is 2.67 bits per heavy atom. The van der Waals surface area contributed by atoms with Crippen LogP contribution in [0.1, 0.15) is 17.3 Å². The van der Waals surface area contributed by atoms with Crippen LogP contribution in [0, 0.1) is 10.1 Å². The quantitative estimate of drug-likeness (QED) is 0.576. The predicted molar refractivity (Wildman–Crippen MR) is 101 cm³/mol. The molecule has 2 amide bonds. The highest BCUT2D eigenvalue weighted by molar-refractivity contribution is 6.32. The SMILES string of the molecule is CCN(C)C(=O)c1cccc(OCC(=O)Nc2ccc(Cl)c([N+](=O)[O-])c2)c1. The molecule has 2 rings (SSSR count). The molecular formula is C18H18ClN3O5. The van der Waals surface area contributed by atoms with Crippen LogP contribution in [0.5, 0.6) is 5.75 Å². The maximum Gasteiger partial charge on any atom is 0.289 e. The third kappa shape index (κ3) is 5.42. The molecule has 0 aliphatic rings. The van der Waals surface area contributed by atoms with E-state index in [1.54, 1.807) is 36.2 Å². The molecule has 9 heteroatoms. The molecule has 8 nitrogen and oxygen atoms in total. The molecule has 0 bridgehead atoms. The Bertz CT molecular complexity index is 872. The van der Waals surface area contributed by atoms with Crippen LogP contribution < -0.4 is 10.1 Å². The van der Waals surface area contributed by atoms with E-state index in [0.717, 1.165) is 0 Å². The molecule has 0 aromatic heterocycles. The van der Waals surface area contributed by atoms with Gasteiger partial charge in [0.2, 0.25) is 0 Å². The molecule has 1 N–H and O–H groups in total. The van der Waals surface area contributed by atoms with Crippen molar-refractivity contribution in [1.82, 2.24) is 4.90 Å². The highest BCUT2D eigenvalue weighted by atomic mass is 35.5. The highest BCUT2D eigenvalue weighted by Crippen LogP contribution is 2.27. The second-order valence-corrected chi connectivity index (χ2v) is 6.01. The largest absolute Gasteiger partial charge is 0.484 e. The van der Waals surface area contributed by atoms with E-state index in [2.05, 4.69) is 5.32 Å². The van der Waals surface area contributed by atoms with Crippen molar-refractivity contribution in [3.05, 3.63) is 63.2 Å². The smallest absolute Gasteiger partial charge is 0.289 e. The number of amides is 2. The summed E-state index contributed by atoms with van der Waals surface area (Å²) in [6, 6.07) is 10.4. The Morgan fingerprint density at radius 2 is 2.00 bits per heavy atom. The van der Waals surface area contributed by atoms with Gasteiger partial charge in [-0.1, -0.05) is 17.7 Å². The van der Waals surface area contributed by atoms with Crippen LogP contribution in [0.25, 0.3) is 0 Å². The minimum atomic E-state index is -0.635. The minimum absolute atomic E-state index is 0.0206. The van der Waals surface area contributed by atoms with Crippen molar-refractivity contribution < 1.29 is 19.2 Å². The van der Waals surface area contributed by atoms with E-state index in [4.69, 9.17) is 16.3 Å². The number of nitro groups is 1. The number of ether oxygens (including phenoxy) is 1. The topological polar surface area (TPSA) is 102 Å². The number of carbonyl (C=O) groups excluding carboxylic acids is 2. The second-order valence-electron chi connectivity index (χ2n) is 5.61. The minimum Gasteiger partial charge on any atom is -0.484 e. The average Bonchev–Trinajstić information content (AvgIpc) is 2.66. The Labute approximate surface area is 160 Å². The Balaban J connectivity index is 1.99. The highest BCUT2D eigenvalue weighted by Gasteiger charge is 2.15. The summed E-state index contributed by atoms with van der Waals surface area (Å²) in [6.07, 6.45) is 0. The van der Waals surface area contributed by atoms with Gasteiger partial charge in [-0.05, 0) is 37.3 Å². The van der Waals surface area contributed by atoms with Crippen molar-refractivity contribution >= 4 is 34.8 Å². The zero-order valence-corrected chi connectivity index (χ0v) is 15.5. The number of nitrogens with one attached hydrogen (secondary N) is 1. The van der Waals surface area contributed by atoms with Gasteiger partial charge < -0.3 is 15.0 Å². The van der Waals surface area contributed by atoms with Crippen LogP contribution in [0.15, 0.2) is 42.5 Å². The van der Waals surface area contributed by atoms with Gasteiger partial charge in [-0.15, -0.1) is 0 Å². The van der Waals surface area contributed by atoms with Crippen molar-refractivity contribution in [2.75, 3.05) is 25.5 Å². The predicted octanol–water partition coefficient (Wildman–Crippen LogP) is 3.36. The van der Waals surface area contributed by atoms with Gasteiger partial charge in [-0.25, -0.2) is 0 Å². The van der Waals surface area contributed by atoms with E-state index in [0.29, 0.717) is 17.9 Å². The van der Waals surface area contributed by atoms with Crippen molar-refractivity contribution in [2.24, 2.45) is 0 Å². The van der Waals surface area contributed by atoms with Gasteiger partial charge in [0.15, 0.2) is 6.61 Å². The number of anilines is 1. The summed E-state index contributed by atoms with van der Waals surface area (Å²) in [6.45, 7) is 2.11. The first-order valence-corrected chi connectivity index (χ1v) is 8.41. The normalized spacial score (nSPS) is 10.2. The van der Waals surface area contributed by atoms with Crippen molar-refractivity contribution in [2.45, 2.75) is 6.92 Å². The summed E-state index contributed by atoms with van der Waals surface area (Å²) in [5.74, 6) is -0.294. The molecule has 0 atom stereocenters. The van der Waals surface area contributed by atoms with Gasteiger partial charge in [0.25, 0.3) is 17.5 Å². The molecule has 0 saturated heterocycles. The number of rotatable bonds is 7. The van der Waals surface area contributed by atoms with Gasteiger partial charge in [-0.3, -0.25) is 19.7 Å². The molecular weight excluding hydrogens is 374 g/mol. The second kappa shape index (κ2) is 9.00. The molecule has 2 aromatic carbocycles. The standard InChI is InChI=1S/C18H18ClN3O5/c1-3-21(2)18(24)12-5-4-6-14(9-12)27-11-17(23)20-13-7-8-15(19)16(10-13)22(25)26/h4-10H,3,11H2,1-2H3,(H,20,23).